The van der Waals surface area contributed by atoms with Gasteiger partial charge in [0.25, 0.3) is 0 Å². The summed E-state index contributed by atoms with van der Waals surface area (Å²) in [5.74, 6) is 0. The van der Waals surface area contributed by atoms with E-state index in [9.17, 15) is 0 Å². The van der Waals surface area contributed by atoms with Crippen LogP contribution >= 0.6 is 0 Å². The second-order valence-corrected chi connectivity index (χ2v) is 7.90. The van der Waals surface area contributed by atoms with Gasteiger partial charge in [0.2, 0.25) is 0 Å². The van der Waals surface area contributed by atoms with Gasteiger partial charge in [0.1, 0.15) is 21.8 Å². The minimum Gasteiger partial charge on any atom is -0.351 e. The van der Waals surface area contributed by atoms with Crippen LogP contribution in [0.1, 0.15) is 0 Å². The van der Waals surface area contributed by atoms with Crippen molar-refractivity contribution in [2.45, 2.75) is 0 Å². The van der Waals surface area contributed by atoms with E-state index in [0.717, 1.165) is 21.8 Å². The van der Waals surface area contributed by atoms with Crippen molar-refractivity contribution in [2.75, 3.05) is 0 Å². The zero-order valence-electron chi connectivity index (χ0n) is 10.9. The molecule has 0 aliphatic rings. The van der Waals surface area contributed by atoms with E-state index in [1.807, 2.05) is 0 Å². The Kier molecular flexibility index (Phi) is 2.57. The first-order chi connectivity index (χ1) is 10.4. The predicted octanol–water partition coefficient (Wildman–Crippen LogP) is -2.04. The lowest BCUT2D eigenvalue weighted by Crippen LogP contribution is -2.79. The number of aromatic amines is 4. The van der Waals surface area contributed by atoms with E-state index in [2.05, 4.69) is 39.9 Å². The lowest BCUT2D eigenvalue weighted by Gasteiger charge is -2.22. The standard InChI is InChI=1S/C12H12N8Si/c1-2-14-9(13-1)21(10-15-3-4-16-10,11-17-5-6-18-11)12-19-7-8-20-12/h1-8H,(H,13,14)(H,15,16)(H,17,18)(H,19,20). The molecule has 0 bridgehead atoms. The highest BCUT2D eigenvalue weighted by Gasteiger charge is 2.52. The lowest BCUT2D eigenvalue weighted by molar-refractivity contribution is 1.27. The second kappa shape index (κ2) is 4.56. The first kappa shape index (κ1) is 11.8. The minimum atomic E-state index is -2.76. The molecule has 0 fully saturated rings. The molecule has 0 unspecified atom stereocenters. The minimum absolute atomic E-state index is 0.808. The fourth-order valence-corrected chi connectivity index (χ4v) is 6.17. The van der Waals surface area contributed by atoms with E-state index < -0.39 is 8.07 Å². The van der Waals surface area contributed by atoms with Crippen LogP contribution in [0.3, 0.4) is 0 Å². The molecule has 4 rings (SSSR count). The van der Waals surface area contributed by atoms with E-state index >= 15 is 0 Å². The Morgan fingerprint density at radius 3 is 1.00 bits per heavy atom. The van der Waals surface area contributed by atoms with E-state index in [1.54, 1.807) is 49.6 Å². The van der Waals surface area contributed by atoms with Gasteiger partial charge in [0.15, 0.2) is 0 Å². The molecule has 0 aliphatic carbocycles. The summed E-state index contributed by atoms with van der Waals surface area (Å²) in [5.41, 5.74) is 3.23. The normalized spacial score (nSPS) is 11.8. The SMILES string of the molecule is c1c[nH]c([Si](c2ncc[nH]2)(c2ncc[nH]2)c2ncc[nH]2)n1. The monoisotopic (exact) mass is 296 g/mol. The molecule has 9 heteroatoms. The summed E-state index contributed by atoms with van der Waals surface area (Å²) >= 11 is 0. The molecule has 0 radical (unpaired) electrons. The average Bonchev–Trinajstić information content (AvgIpc) is 3.32. The van der Waals surface area contributed by atoms with E-state index in [4.69, 9.17) is 0 Å². The van der Waals surface area contributed by atoms with Crippen LogP contribution < -0.4 is 21.8 Å². The van der Waals surface area contributed by atoms with E-state index in [-0.39, 0.29) is 0 Å². The zero-order chi connectivity index (χ0) is 14.1. The van der Waals surface area contributed by atoms with Crippen LogP contribution in [0.15, 0.2) is 49.6 Å². The Hall–Kier alpha value is -2.94. The highest BCUT2D eigenvalue weighted by atomic mass is 28.3. The third kappa shape index (κ3) is 1.61. The lowest BCUT2D eigenvalue weighted by atomic mass is 11.0. The van der Waals surface area contributed by atoms with Gasteiger partial charge < -0.3 is 19.9 Å². The largest absolute Gasteiger partial charge is 0.351 e. The van der Waals surface area contributed by atoms with Gasteiger partial charge in [-0.3, -0.25) is 0 Å². The fourth-order valence-electron chi connectivity index (χ4n) is 2.55. The summed E-state index contributed by atoms with van der Waals surface area (Å²) in [6.07, 6.45) is 14.1. The molecule has 0 amide bonds. The molecule has 0 atom stereocenters. The number of hydrogen-bond acceptors (Lipinski definition) is 4. The van der Waals surface area contributed by atoms with Crippen molar-refractivity contribution in [1.29, 1.82) is 0 Å². The van der Waals surface area contributed by atoms with Gasteiger partial charge in [-0.25, -0.2) is 19.9 Å². The maximum absolute atomic E-state index is 4.48. The molecule has 0 saturated heterocycles. The van der Waals surface area contributed by atoms with Gasteiger partial charge >= 0.3 is 8.07 Å². The fraction of sp³-hybridized carbons (Fsp3) is 0. The summed E-state index contributed by atoms with van der Waals surface area (Å²) in [5, 5.41) is 0. The number of nitrogens with zero attached hydrogens (tertiary/aromatic N) is 4. The molecule has 8 nitrogen and oxygen atoms in total. The number of aromatic nitrogens is 8. The molecule has 0 aromatic carbocycles. The van der Waals surface area contributed by atoms with Crippen molar-refractivity contribution in [3.8, 4) is 0 Å². The van der Waals surface area contributed by atoms with Crippen LogP contribution in [0, 0.1) is 0 Å². The summed E-state index contributed by atoms with van der Waals surface area (Å²) < 4.78 is 0. The molecule has 4 aromatic rings. The Morgan fingerprint density at radius 1 is 0.524 bits per heavy atom. The van der Waals surface area contributed by atoms with Gasteiger partial charge in [-0.15, -0.1) is 0 Å². The molecule has 104 valence electrons. The molecule has 4 N–H and O–H groups in total. The van der Waals surface area contributed by atoms with Gasteiger partial charge in [-0.2, -0.15) is 0 Å². The second-order valence-electron chi connectivity index (χ2n) is 4.50. The summed E-state index contributed by atoms with van der Waals surface area (Å²) in [7, 11) is -2.76. The van der Waals surface area contributed by atoms with Crippen molar-refractivity contribution in [3.63, 3.8) is 0 Å². The Morgan fingerprint density at radius 2 is 0.810 bits per heavy atom. The Labute approximate surface area is 120 Å². The molecular weight excluding hydrogens is 284 g/mol. The van der Waals surface area contributed by atoms with Crippen LogP contribution in [0.4, 0.5) is 0 Å². The summed E-state index contributed by atoms with van der Waals surface area (Å²) in [4.78, 5) is 30.8. The maximum Gasteiger partial charge on any atom is 0.343 e. The van der Waals surface area contributed by atoms with Crippen LogP contribution in [0.25, 0.3) is 0 Å². The molecule has 21 heavy (non-hydrogen) atoms. The zero-order valence-corrected chi connectivity index (χ0v) is 11.9. The van der Waals surface area contributed by atoms with E-state index in [1.165, 1.54) is 0 Å². The number of hydrogen-bond donors (Lipinski definition) is 4. The van der Waals surface area contributed by atoms with Crippen LogP contribution in [-0.4, -0.2) is 47.9 Å². The van der Waals surface area contributed by atoms with Crippen LogP contribution in [0.5, 0.6) is 0 Å². The summed E-state index contributed by atoms with van der Waals surface area (Å²) in [6.45, 7) is 0. The van der Waals surface area contributed by atoms with Crippen molar-refractivity contribution >= 4 is 29.9 Å². The van der Waals surface area contributed by atoms with Crippen molar-refractivity contribution in [2.24, 2.45) is 0 Å². The summed E-state index contributed by atoms with van der Waals surface area (Å²) in [6, 6.07) is 0. The third-order valence-corrected chi connectivity index (χ3v) is 7.35. The average molecular weight is 296 g/mol. The smallest absolute Gasteiger partial charge is 0.343 e. The molecule has 0 saturated carbocycles. The number of H-pyrrole nitrogens is 4. The van der Waals surface area contributed by atoms with Gasteiger partial charge in [0.05, 0.1) is 0 Å². The Balaban J connectivity index is 2.10. The maximum atomic E-state index is 4.48. The van der Waals surface area contributed by atoms with Gasteiger partial charge in [0, 0.05) is 49.6 Å². The first-order valence-electron chi connectivity index (χ1n) is 6.42. The highest BCUT2D eigenvalue weighted by molar-refractivity contribution is 7.17. The third-order valence-electron chi connectivity index (χ3n) is 3.41. The Bertz CT molecular complexity index is 643. The first-order valence-corrected chi connectivity index (χ1v) is 8.42. The molecular formula is C12H12N8Si. The van der Waals surface area contributed by atoms with Crippen molar-refractivity contribution in [3.05, 3.63) is 49.6 Å². The molecule has 0 aliphatic heterocycles. The van der Waals surface area contributed by atoms with Gasteiger partial charge in [-0.05, 0) is 0 Å². The quantitative estimate of drug-likeness (QED) is 0.325. The van der Waals surface area contributed by atoms with Crippen LogP contribution in [-0.2, 0) is 0 Å². The predicted molar refractivity (Wildman–Crippen MR) is 78.6 cm³/mol. The van der Waals surface area contributed by atoms with Crippen molar-refractivity contribution in [1.82, 2.24) is 39.9 Å². The highest BCUT2D eigenvalue weighted by Crippen LogP contribution is 1.99. The molecule has 0 spiro atoms. The number of nitrogens with one attached hydrogen (secondary N) is 4. The van der Waals surface area contributed by atoms with Crippen LogP contribution in [0.2, 0.25) is 0 Å². The van der Waals surface area contributed by atoms with Gasteiger partial charge in [-0.1, -0.05) is 0 Å². The number of imidazole rings is 4. The van der Waals surface area contributed by atoms with Crippen molar-refractivity contribution < 1.29 is 0 Å². The number of rotatable bonds is 4. The molecule has 4 aromatic heterocycles. The molecule has 4 heterocycles. The van der Waals surface area contributed by atoms with E-state index in [0.29, 0.717) is 0 Å². The topological polar surface area (TPSA) is 115 Å².